The number of rotatable bonds is 4. The van der Waals surface area contributed by atoms with Crippen molar-refractivity contribution < 1.29 is 9.59 Å². The summed E-state index contributed by atoms with van der Waals surface area (Å²) in [5, 5.41) is 8.03. The Kier molecular flexibility index (Phi) is 5.42. The van der Waals surface area contributed by atoms with Crippen LogP contribution in [0.2, 0.25) is 0 Å². The number of hydrogen-bond donors (Lipinski definition) is 2. The van der Waals surface area contributed by atoms with E-state index in [-0.39, 0.29) is 11.8 Å². The highest BCUT2D eigenvalue weighted by atomic mass is 16.2. The van der Waals surface area contributed by atoms with E-state index in [1.807, 2.05) is 35.5 Å². The van der Waals surface area contributed by atoms with E-state index in [4.69, 9.17) is 0 Å². The fourth-order valence-corrected chi connectivity index (χ4v) is 4.51. The van der Waals surface area contributed by atoms with E-state index in [0.717, 1.165) is 29.6 Å². The lowest BCUT2D eigenvalue weighted by Gasteiger charge is -2.32. The van der Waals surface area contributed by atoms with Gasteiger partial charge in [-0.1, -0.05) is 0 Å². The molecular formula is C26H24N8O2. The Labute approximate surface area is 206 Å². The number of amides is 2. The minimum Gasteiger partial charge on any atom is -0.346 e. The van der Waals surface area contributed by atoms with Gasteiger partial charge >= 0.3 is 0 Å². The highest BCUT2D eigenvalue weighted by molar-refractivity contribution is 6.09. The molecule has 1 saturated heterocycles. The third kappa shape index (κ3) is 3.97. The predicted molar refractivity (Wildman–Crippen MR) is 136 cm³/mol. The van der Waals surface area contributed by atoms with Crippen molar-refractivity contribution in [2.45, 2.75) is 0 Å². The average molecular weight is 481 g/mol. The van der Waals surface area contributed by atoms with E-state index in [2.05, 4.69) is 37.3 Å². The molecule has 0 radical (unpaired) electrons. The molecule has 0 aliphatic carbocycles. The largest absolute Gasteiger partial charge is 0.346 e. The smallest absolute Gasteiger partial charge is 0.259 e. The number of fused-ring (bicyclic) bond motifs is 2. The van der Waals surface area contributed by atoms with Crippen molar-refractivity contribution in [1.29, 1.82) is 0 Å². The number of carbonyl (C=O) groups is 2. The number of piperazine rings is 1. The Balaban J connectivity index is 1.34. The number of carbonyl (C=O) groups excluding carboxylic acids is 2. The summed E-state index contributed by atoms with van der Waals surface area (Å²) in [6, 6.07) is 9.29. The van der Waals surface area contributed by atoms with Gasteiger partial charge in [0.2, 0.25) is 0 Å². The standard InChI is InChI=1S/C26H24N8O2/c1-32-7-9-33(10-8-32)26(36)18-11-20-21(15-29-24(20)28-13-18)17-4-6-34-23(12-17)22(16-30-34)25(35)31-19-3-2-5-27-14-19/h2-6,11-16H,7-10H2,1H3,(H,28,29)(H,31,35). The van der Waals surface area contributed by atoms with Gasteiger partial charge in [0.25, 0.3) is 11.8 Å². The topological polar surface area (TPSA) is 112 Å². The molecule has 0 bridgehead atoms. The first-order valence-electron chi connectivity index (χ1n) is 11.7. The maximum atomic E-state index is 13.1. The second kappa shape index (κ2) is 8.90. The number of hydrogen-bond acceptors (Lipinski definition) is 6. The molecule has 0 spiro atoms. The number of aromatic nitrogens is 5. The van der Waals surface area contributed by atoms with Crippen LogP contribution in [0.1, 0.15) is 20.7 Å². The van der Waals surface area contributed by atoms with Crippen molar-refractivity contribution in [3.63, 3.8) is 0 Å². The Morgan fingerprint density at radius 3 is 2.72 bits per heavy atom. The minimum atomic E-state index is -0.268. The van der Waals surface area contributed by atoms with Crippen LogP contribution in [-0.4, -0.2) is 79.4 Å². The molecule has 0 unspecified atom stereocenters. The third-order valence-electron chi connectivity index (χ3n) is 6.57. The van der Waals surface area contributed by atoms with Gasteiger partial charge in [-0.05, 0) is 42.9 Å². The fraction of sp³-hybridized carbons (Fsp3) is 0.192. The molecule has 5 aromatic heterocycles. The number of nitrogens with one attached hydrogen (secondary N) is 2. The number of aromatic amines is 1. The van der Waals surface area contributed by atoms with Gasteiger partial charge in [-0.3, -0.25) is 14.6 Å². The maximum Gasteiger partial charge on any atom is 0.259 e. The molecule has 6 rings (SSSR count). The van der Waals surface area contributed by atoms with Gasteiger partial charge in [0.1, 0.15) is 5.65 Å². The molecule has 2 N–H and O–H groups in total. The summed E-state index contributed by atoms with van der Waals surface area (Å²) in [6.07, 6.45) is 10.1. The SMILES string of the molecule is CN1CCN(C(=O)c2cnc3[nH]cc(-c4ccn5ncc(C(=O)Nc6cccnc6)c5c4)c3c2)CC1. The molecule has 36 heavy (non-hydrogen) atoms. The number of H-pyrrole nitrogens is 1. The highest BCUT2D eigenvalue weighted by Crippen LogP contribution is 2.30. The summed E-state index contributed by atoms with van der Waals surface area (Å²) in [6.45, 7) is 3.13. The quantitative estimate of drug-likeness (QED) is 0.409. The summed E-state index contributed by atoms with van der Waals surface area (Å²) in [5.74, 6) is -0.277. The van der Waals surface area contributed by atoms with E-state index in [1.165, 1.54) is 0 Å². The summed E-state index contributed by atoms with van der Waals surface area (Å²) in [7, 11) is 2.06. The molecule has 5 aromatic rings. The van der Waals surface area contributed by atoms with Gasteiger partial charge in [0.15, 0.2) is 0 Å². The molecule has 1 aliphatic rings. The lowest BCUT2D eigenvalue weighted by Crippen LogP contribution is -2.47. The molecule has 6 heterocycles. The molecule has 10 heteroatoms. The van der Waals surface area contributed by atoms with Crippen LogP contribution >= 0.6 is 0 Å². The van der Waals surface area contributed by atoms with Gasteiger partial charge in [-0.25, -0.2) is 9.50 Å². The maximum absolute atomic E-state index is 13.1. The first kappa shape index (κ1) is 21.9. The number of anilines is 1. The third-order valence-corrected chi connectivity index (χ3v) is 6.57. The second-order valence-electron chi connectivity index (χ2n) is 8.92. The first-order valence-corrected chi connectivity index (χ1v) is 11.7. The number of likely N-dealkylation sites (N-methyl/N-ethyl adjacent to an activating group) is 1. The highest BCUT2D eigenvalue weighted by Gasteiger charge is 2.22. The van der Waals surface area contributed by atoms with E-state index in [9.17, 15) is 9.59 Å². The van der Waals surface area contributed by atoms with Crippen molar-refractivity contribution in [1.82, 2.24) is 34.4 Å². The predicted octanol–water partition coefficient (Wildman–Crippen LogP) is 2.91. The van der Waals surface area contributed by atoms with Crippen molar-refractivity contribution in [2.75, 3.05) is 38.5 Å². The molecule has 0 atom stereocenters. The van der Waals surface area contributed by atoms with Gasteiger partial charge in [0.05, 0.1) is 34.7 Å². The summed E-state index contributed by atoms with van der Waals surface area (Å²) >= 11 is 0. The Morgan fingerprint density at radius 2 is 1.92 bits per heavy atom. The molecule has 1 fully saturated rings. The van der Waals surface area contributed by atoms with Crippen LogP contribution < -0.4 is 5.32 Å². The summed E-state index contributed by atoms with van der Waals surface area (Å²) in [5.41, 5.74) is 4.77. The van der Waals surface area contributed by atoms with Crippen LogP contribution in [0.3, 0.4) is 0 Å². The number of nitrogens with zero attached hydrogens (tertiary/aromatic N) is 6. The molecule has 1 aliphatic heterocycles. The summed E-state index contributed by atoms with van der Waals surface area (Å²) in [4.78, 5) is 41.9. The van der Waals surface area contributed by atoms with Crippen LogP contribution in [0.15, 0.2) is 67.5 Å². The zero-order valence-electron chi connectivity index (χ0n) is 19.7. The molecule has 0 saturated carbocycles. The lowest BCUT2D eigenvalue weighted by molar-refractivity contribution is 0.0663. The van der Waals surface area contributed by atoms with Gasteiger partial charge in [-0.2, -0.15) is 5.10 Å². The Hall–Kier alpha value is -4.57. The number of pyridine rings is 3. The zero-order valence-corrected chi connectivity index (χ0v) is 19.7. The van der Waals surface area contributed by atoms with Gasteiger partial charge in [-0.15, -0.1) is 0 Å². The minimum absolute atomic E-state index is 0.00903. The van der Waals surface area contributed by atoms with Crippen LogP contribution in [0.25, 0.3) is 27.7 Å². The van der Waals surface area contributed by atoms with Crippen LogP contribution in [0.4, 0.5) is 5.69 Å². The first-order chi connectivity index (χ1) is 17.6. The van der Waals surface area contributed by atoms with Crippen molar-refractivity contribution in [2.24, 2.45) is 0 Å². The van der Waals surface area contributed by atoms with Crippen molar-refractivity contribution in [3.05, 3.63) is 78.6 Å². The average Bonchev–Trinajstić information content (AvgIpc) is 3.53. The monoisotopic (exact) mass is 480 g/mol. The van der Waals surface area contributed by atoms with Crippen molar-refractivity contribution in [3.8, 4) is 11.1 Å². The Morgan fingerprint density at radius 1 is 1.06 bits per heavy atom. The molecule has 180 valence electrons. The summed E-state index contributed by atoms with van der Waals surface area (Å²) < 4.78 is 1.66. The lowest BCUT2D eigenvalue weighted by atomic mass is 10.0. The Bertz CT molecular complexity index is 1580. The van der Waals surface area contributed by atoms with E-state index in [0.29, 0.717) is 41.1 Å². The molecule has 0 aromatic carbocycles. The molecular weight excluding hydrogens is 456 g/mol. The zero-order chi connectivity index (χ0) is 24.6. The van der Waals surface area contributed by atoms with Gasteiger partial charge in [0, 0.05) is 61.9 Å². The van der Waals surface area contributed by atoms with E-state index >= 15 is 0 Å². The van der Waals surface area contributed by atoms with Crippen LogP contribution in [0, 0.1) is 0 Å². The van der Waals surface area contributed by atoms with E-state index in [1.54, 1.807) is 41.4 Å². The molecule has 2 amide bonds. The van der Waals surface area contributed by atoms with Crippen LogP contribution in [0.5, 0.6) is 0 Å². The fourth-order valence-electron chi connectivity index (χ4n) is 4.51. The van der Waals surface area contributed by atoms with Crippen molar-refractivity contribution >= 4 is 34.1 Å². The second-order valence-corrected chi connectivity index (χ2v) is 8.92. The normalized spacial score (nSPS) is 14.4. The van der Waals surface area contributed by atoms with Crippen LogP contribution in [-0.2, 0) is 0 Å². The van der Waals surface area contributed by atoms with E-state index < -0.39 is 0 Å². The molecule has 10 nitrogen and oxygen atoms in total. The van der Waals surface area contributed by atoms with Gasteiger partial charge < -0.3 is 20.1 Å².